The maximum absolute atomic E-state index is 11.9. The Bertz CT molecular complexity index is 705. The van der Waals surface area contributed by atoms with Gasteiger partial charge in [-0.1, -0.05) is 30.0 Å². The van der Waals surface area contributed by atoms with Gasteiger partial charge in [-0.3, -0.25) is 0 Å². The number of nitrogens with zero attached hydrogens (tertiary/aromatic N) is 2. The first kappa shape index (κ1) is 25.7. The number of hydrogen-bond donors (Lipinski definition) is 0. The standard InChI is InChI=1S/C16H16N2O4.CH3O.O.V/c1-21-13-8-6-11(7-9-13)16(20)18-17-10-12-4-3-5-14(22-2)15(12)19;1-2;;/h3-10,19H,1-2H3,(H,18,20);1H3;;/q;-1;-2;/p-2/b17-10+;;;. The SMILES string of the molecule is COc1ccc(/C([O-])=N/N=C/c2cccc(OC)c2[O-])cc1.C[O-].[O-2].[V]. The van der Waals surface area contributed by atoms with E-state index in [-0.39, 0.29) is 35.5 Å². The largest absolute Gasteiger partial charge is 2.00 e. The van der Waals surface area contributed by atoms with Gasteiger partial charge in [-0.05, 0) is 29.3 Å². The molecule has 2 aromatic rings. The Hall–Kier alpha value is -2.52. The second-order valence-electron chi connectivity index (χ2n) is 4.26. The summed E-state index contributed by atoms with van der Waals surface area (Å²) in [6.07, 6.45) is 1.23. The summed E-state index contributed by atoms with van der Waals surface area (Å²) in [5.74, 6) is 0.0490. The summed E-state index contributed by atoms with van der Waals surface area (Å²) in [6.45, 7) is 0. The molecule has 8 nitrogen and oxygen atoms in total. The van der Waals surface area contributed by atoms with Crippen LogP contribution in [0.25, 0.3) is 0 Å². The van der Waals surface area contributed by atoms with Crippen molar-refractivity contribution in [1.82, 2.24) is 0 Å². The van der Waals surface area contributed by atoms with Crippen LogP contribution in [0.1, 0.15) is 11.1 Å². The summed E-state index contributed by atoms with van der Waals surface area (Å²) in [5, 5.41) is 39.1. The van der Waals surface area contributed by atoms with E-state index in [2.05, 4.69) is 10.2 Å². The minimum Gasteiger partial charge on any atom is -2.00 e. The van der Waals surface area contributed by atoms with E-state index in [1.54, 1.807) is 49.6 Å². The average molecular weight is 396 g/mol. The first-order valence-corrected chi connectivity index (χ1v) is 6.83. The monoisotopic (exact) mass is 396 g/mol. The van der Waals surface area contributed by atoms with Gasteiger partial charge in [0.25, 0.3) is 0 Å². The van der Waals surface area contributed by atoms with E-state index in [1.165, 1.54) is 13.3 Å². The number of ether oxygens (including phenoxy) is 2. The Morgan fingerprint density at radius 2 is 1.62 bits per heavy atom. The molecule has 0 N–H and O–H groups in total. The van der Waals surface area contributed by atoms with E-state index >= 15 is 0 Å². The molecule has 141 valence electrons. The van der Waals surface area contributed by atoms with E-state index < -0.39 is 5.90 Å². The Morgan fingerprint density at radius 3 is 2.15 bits per heavy atom. The molecule has 0 saturated carbocycles. The Morgan fingerprint density at radius 1 is 1.00 bits per heavy atom. The molecule has 0 heterocycles. The molecule has 0 aromatic heterocycles. The van der Waals surface area contributed by atoms with Gasteiger partial charge < -0.3 is 30.3 Å². The van der Waals surface area contributed by atoms with Gasteiger partial charge in [0.1, 0.15) is 11.5 Å². The Balaban J connectivity index is 0. The smallest absolute Gasteiger partial charge is 0.118 e. The molecule has 0 spiro atoms. The average Bonchev–Trinajstić information content (AvgIpc) is 2.64. The summed E-state index contributed by atoms with van der Waals surface area (Å²) in [6, 6.07) is 11.3. The van der Waals surface area contributed by atoms with E-state index in [0.717, 1.165) is 7.11 Å². The number of para-hydroxylation sites is 1. The molecule has 0 amide bonds. The minimum atomic E-state index is -0.505. The van der Waals surface area contributed by atoms with Gasteiger partial charge >= 0.3 is 0 Å². The van der Waals surface area contributed by atoms with E-state index in [0.29, 0.717) is 16.9 Å². The molecule has 0 unspecified atom stereocenters. The number of methoxy groups -OCH3 is 2. The van der Waals surface area contributed by atoms with Gasteiger partial charge in [-0.15, -0.1) is 0 Å². The van der Waals surface area contributed by atoms with Crippen LogP contribution >= 0.6 is 0 Å². The predicted octanol–water partition coefficient (Wildman–Crippen LogP) is -0.226. The van der Waals surface area contributed by atoms with Crippen molar-refractivity contribution < 1.29 is 48.8 Å². The molecule has 0 bridgehead atoms. The number of benzene rings is 2. The van der Waals surface area contributed by atoms with Crippen molar-refractivity contribution in [3.05, 3.63) is 53.6 Å². The molecule has 0 aliphatic rings. The van der Waals surface area contributed by atoms with Gasteiger partial charge in [-0.25, -0.2) is 0 Å². The van der Waals surface area contributed by atoms with Gasteiger partial charge in [0, 0.05) is 24.5 Å². The van der Waals surface area contributed by atoms with Gasteiger partial charge in [-0.2, -0.15) is 17.3 Å². The molecule has 1 radical (unpaired) electrons. The third-order valence-electron chi connectivity index (χ3n) is 2.91. The first-order chi connectivity index (χ1) is 11.7. The van der Waals surface area contributed by atoms with Gasteiger partial charge in [0.2, 0.25) is 0 Å². The molecule has 0 aliphatic carbocycles. The molecule has 2 aromatic carbocycles. The summed E-state index contributed by atoms with van der Waals surface area (Å²) in [5.41, 5.74) is 0.677. The molecule has 9 heteroatoms. The molecule has 0 atom stereocenters. The topological polar surface area (TPSA) is 141 Å². The van der Waals surface area contributed by atoms with Gasteiger partial charge in [0.05, 0.1) is 20.4 Å². The zero-order valence-electron chi connectivity index (χ0n) is 14.4. The third kappa shape index (κ3) is 7.16. The normalized spacial score (nSPS) is 10.1. The predicted molar refractivity (Wildman–Crippen MR) is 86.2 cm³/mol. The molecule has 0 fully saturated rings. The second-order valence-corrected chi connectivity index (χ2v) is 4.26. The van der Waals surface area contributed by atoms with Crippen LogP contribution in [0.3, 0.4) is 0 Å². The summed E-state index contributed by atoms with van der Waals surface area (Å²) >= 11 is 0. The Labute approximate surface area is 163 Å². The van der Waals surface area contributed by atoms with E-state index in [4.69, 9.17) is 14.6 Å². The zero-order valence-corrected chi connectivity index (χ0v) is 15.8. The minimum absolute atomic E-state index is 0. The molecule has 26 heavy (non-hydrogen) atoms. The fraction of sp³-hybridized carbons (Fsp3) is 0.176. The summed E-state index contributed by atoms with van der Waals surface area (Å²) in [4.78, 5) is 0. The van der Waals surface area contributed by atoms with Crippen molar-refractivity contribution in [3.8, 4) is 17.2 Å². The summed E-state index contributed by atoms with van der Waals surface area (Å²) < 4.78 is 9.93. The van der Waals surface area contributed by atoms with Crippen LogP contribution < -0.4 is 24.8 Å². The molecule has 0 aliphatic heterocycles. The van der Waals surface area contributed by atoms with E-state index in [9.17, 15) is 10.2 Å². The van der Waals surface area contributed by atoms with Crippen LogP contribution in [-0.2, 0) is 24.0 Å². The second kappa shape index (κ2) is 13.7. The fourth-order valence-electron chi connectivity index (χ4n) is 1.73. The fourth-order valence-corrected chi connectivity index (χ4v) is 1.73. The van der Waals surface area contributed by atoms with Crippen molar-refractivity contribution in [2.75, 3.05) is 21.3 Å². The molecular formula is C17H17N2O6V-5. The maximum atomic E-state index is 11.9. The van der Waals surface area contributed by atoms with E-state index in [1.807, 2.05) is 0 Å². The molecule has 2 rings (SSSR count). The van der Waals surface area contributed by atoms with Crippen molar-refractivity contribution in [3.63, 3.8) is 0 Å². The number of rotatable bonds is 5. The maximum Gasteiger partial charge on any atom is 0.118 e. The van der Waals surface area contributed by atoms with Crippen molar-refractivity contribution in [2.45, 2.75) is 0 Å². The zero-order chi connectivity index (χ0) is 17.9. The van der Waals surface area contributed by atoms with Crippen LogP contribution in [0.2, 0.25) is 0 Å². The van der Waals surface area contributed by atoms with Crippen LogP contribution in [0.4, 0.5) is 0 Å². The van der Waals surface area contributed by atoms with Crippen molar-refractivity contribution in [2.24, 2.45) is 10.2 Å². The summed E-state index contributed by atoms with van der Waals surface area (Å²) in [7, 11) is 3.70. The Kier molecular flexibility index (Phi) is 13.6. The molecule has 0 saturated heterocycles. The van der Waals surface area contributed by atoms with Crippen LogP contribution in [0, 0.1) is 0 Å². The van der Waals surface area contributed by atoms with Gasteiger partial charge in [0.15, 0.2) is 0 Å². The van der Waals surface area contributed by atoms with Crippen LogP contribution in [0.15, 0.2) is 52.7 Å². The third-order valence-corrected chi connectivity index (χ3v) is 2.91. The van der Waals surface area contributed by atoms with Crippen LogP contribution in [0.5, 0.6) is 17.2 Å². The molecular weight excluding hydrogens is 379 g/mol. The van der Waals surface area contributed by atoms with Crippen molar-refractivity contribution in [1.29, 1.82) is 0 Å². The first-order valence-electron chi connectivity index (χ1n) is 6.83. The van der Waals surface area contributed by atoms with Crippen molar-refractivity contribution >= 4 is 12.1 Å². The quantitative estimate of drug-likeness (QED) is 0.390. The number of hydrogen-bond acceptors (Lipinski definition) is 7. The van der Waals surface area contributed by atoms with Crippen LogP contribution in [-0.4, -0.2) is 33.4 Å².